The van der Waals surface area contributed by atoms with Crippen LogP contribution in [0.2, 0.25) is 0 Å². The number of thiazole rings is 1. The zero-order chi connectivity index (χ0) is 16.3. The fraction of sp³-hybridized carbons (Fsp3) is 0.765. The number of aliphatic hydroxyl groups is 1. The summed E-state index contributed by atoms with van der Waals surface area (Å²) in [6.45, 7) is 1.95. The van der Waals surface area contributed by atoms with Crippen molar-refractivity contribution in [2.75, 3.05) is 6.61 Å². The van der Waals surface area contributed by atoms with Gasteiger partial charge in [0.05, 0.1) is 18.2 Å². The number of nitrogens with zero attached hydrogens (tertiary/aromatic N) is 1. The first-order valence-electron chi connectivity index (χ1n) is 8.71. The van der Waals surface area contributed by atoms with Crippen LogP contribution in [0.3, 0.4) is 0 Å². The van der Waals surface area contributed by atoms with Gasteiger partial charge in [0, 0.05) is 11.6 Å². The van der Waals surface area contributed by atoms with E-state index in [1.54, 1.807) is 17.5 Å². The molecule has 2 saturated carbocycles. The van der Waals surface area contributed by atoms with Crippen molar-refractivity contribution in [3.8, 4) is 0 Å². The SMILES string of the molecule is C[C@@](CO)(NC(=O)N[C@H](c1nccs1)C1CC1)C1CCCCC1. The molecule has 0 radical (unpaired) electrons. The fourth-order valence-electron chi connectivity index (χ4n) is 3.65. The molecule has 0 aliphatic heterocycles. The van der Waals surface area contributed by atoms with Crippen molar-refractivity contribution in [1.29, 1.82) is 0 Å². The van der Waals surface area contributed by atoms with Crippen molar-refractivity contribution in [1.82, 2.24) is 15.6 Å². The molecule has 0 bridgehead atoms. The Labute approximate surface area is 141 Å². The maximum Gasteiger partial charge on any atom is 0.315 e. The molecule has 3 rings (SSSR count). The highest BCUT2D eigenvalue weighted by atomic mass is 32.1. The third-order valence-electron chi connectivity index (χ3n) is 5.33. The predicted octanol–water partition coefficient (Wildman–Crippen LogP) is 3.22. The van der Waals surface area contributed by atoms with E-state index in [0.717, 1.165) is 30.7 Å². The first-order valence-corrected chi connectivity index (χ1v) is 9.59. The van der Waals surface area contributed by atoms with Crippen molar-refractivity contribution in [3.63, 3.8) is 0 Å². The van der Waals surface area contributed by atoms with Crippen LogP contribution in [0.5, 0.6) is 0 Å². The van der Waals surface area contributed by atoms with E-state index in [-0.39, 0.29) is 18.7 Å². The quantitative estimate of drug-likeness (QED) is 0.746. The molecule has 0 unspecified atom stereocenters. The Morgan fingerprint density at radius 3 is 2.70 bits per heavy atom. The Balaban J connectivity index is 1.62. The topological polar surface area (TPSA) is 74.2 Å². The third kappa shape index (κ3) is 4.04. The number of carbonyl (C=O) groups is 1. The molecule has 2 atom stereocenters. The third-order valence-corrected chi connectivity index (χ3v) is 6.19. The molecule has 1 aromatic rings. The summed E-state index contributed by atoms with van der Waals surface area (Å²) in [6.07, 6.45) is 9.87. The number of amides is 2. The van der Waals surface area contributed by atoms with E-state index < -0.39 is 5.54 Å². The van der Waals surface area contributed by atoms with Gasteiger partial charge in [0.25, 0.3) is 0 Å². The molecule has 6 heteroatoms. The Morgan fingerprint density at radius 1 is 1.39 bits per heavy atom. The zero-order valence-electron chi connectivity index (χ0n) is 13.8. The van der Waals surface area contributed by atoms with Gasteiger partial charge in [-0.05, 0) is 44.4 Å². The van der Waals surface area contributed by atoms with E-state index in [9.17, 15) is 9.90 Å². The van der Waals surface area contributed by atoms with Crippen LogP contribution in [0, 0.1) is 11.8 Å². The number of nitrogens with one attached hydrogen (secondary N) is 2. The van der Waals surface area contributed by atoms with Gasteiger partial charge in [-0.3, -0.25) is 0 Å². The predicted molar refractivity (Wildman–Crippen MR) is 91.3 cm³/mol. The normalized spacial score (nSPS) is 23.0. The molecule has 2 amide bonds. The number of aromatic nitrogens is 1. The molecule has 128 valence electrons. The highest BCUT2D eigenvalue weighted by Crippen LogP contribution is 2.41. The Hall–Kier alpha value is -1.14. The number of hydrogen-bond donors (Lipinski definition) is 3. The number of carbonyl (C=O) groups excluding carboxylic acids is 1. The molecule has 2 fully saturated rings. The molecule has 2 aliphatic rings. The van der Waals surface area contributed by atoms with Crippen LogP contribution in [0.15, 0.2) is 11.6 Å². The van der Waals surface area contributed by atoms with Gasteiger partial charge < -0.3 is 15.7 Å². The molecule has 23 heavy (non-hydrogen) atoms. The molecular weight excluding hydrogens is 310 g/mol. The van der Waals surface area contributed by atoms with Gasteiger partial charge in [-0.2, -0.15) is 0 Å². The first-order chi connectivity index (χ1) is 11.1. The lowest BCUT2D eigenvalue weighted by atomic mass is 9.76. The number of hydrogen-bond acceptors (Lipinski definition) is 4. The molecular formula is C17H27N3O2S. The van der Waals surface area contributed by atoms with Crippen molar-refractivity contribution < 1.29 is 9.90 Å². The molecule has 0 spiro atoms. The summed E-state index contributed by atoms with van der Waals surface area (Å²) in [4.78, 5) is 16.9. The summed E-state index contributed by atoms with van der Waals surface area (Å²) in [5.41, 5.74) is -0.540. The molecule has 5 nitrogen and oxygen atoms in total. The second-order valence-electron chi connectivity index (χ2n) is 7.19. The summed E-state index contributed by atoms with van der Waals surface area (Å²) in [5, 5.41) is 19.0. The van der Waals surface area contributed by atoms with Gasteiger partial charge in [0.15, 0.2) is 0 Å². The largest absolute Gasteiger partial charge is 0.394 e. The van der Waals surface area contributed by atoms with E-state index >= 15 is 0 Å². The molecule has 0 saturated heterocycles. The lowest BCUT2D eigenvalue weighted by molar-refractivity contribution is 0.100. The van der Waals surface area contributed by atoms with Crippen LogP contribution in [-0.4, -0.2) is 28.3 Å². The molecule has 0 aromatic carbocycles. The van der Waals surface area contributed by atoms with Crippen LogP contribution in [0.1, 0.15) is 62.9 Å². The van der Waals surface area contributed by atoms with Crippen molar-refractivity contribution >= 4 is 17.4 Å². The van der Waals surface area contributed by atoms with E-state index in [1.807, 2.05) is 12.3 Å². The van der Waals surface area contributed by atoms with Gasteiger partial charge in [0.2, 0.25) is 0 Å². The van der Waals surface area contributed by atoms with E-state index in [2.05, 4.69) is 15.6 Å². The monoisotopic (exact) mass is 337 g/mol. The molecule has 1 aromatic heterocycles. The minimum absolute atomic E-state index is 0.00398. The summed E-state index contributed by atoms with van der Waals surface area (Å²) < 4.78 is 0. The van der Waals surface area contributed by atoms with Crippen LogP contribution in [-0.2, 0) is 0 Å². The number of aliphatic hydroxyl groups excluding tert-OH is 1. The first kappa shape index (κ1) is 16.7. The van der Waals surface area contributed by atoms with Gasteiger partial charge in [-0.25, -0.2) is 9.78 Å². The summed E-state index contributed by atoms with van der Waals surface area (Å²) in [6, 6.07) is -0.177. The highest BCUT2D eigenvalue weighted by molar-refractivity contribution is 7.09. The van der Waals surface area contributed by atoms with Gasteiger partial charge in [-0.1, -0.05) is 19.3 Å². The van der Waals surface area contributed by atoms with Crippen molar-refractivity contribution in [2.45, 2.75) is 63.5 Å². The van der Waals surface area contributed by atoms with E-state index in [1.165, 1.54) is 19.3 Å². The Morgan fingerprint density at radius 2 is 2.13 bits per heavy atom. The maximum atomic E-state index is 12.5. The smallest absolute Gasteiger partial charge is 0.315 e. The fourth-order valence-corrected chi connectivity index (χ4v) is 4.43. The molecule has 1 heterocycles. The standard InChI is InChI=1S/C17H27N3O2S/c1-17(11-21,13-5-3-2-4-6-13)20-16(22)19-14(12-7-8-12)15-18-9-10-23-15/h9-10,12-14,21H,2-8,11H2,1H3,(H2,19,20,22)/t14-,17-/m0/s1. The van der Waals surface area contributed by atoms with E-state index in [0.29, 0.717) is 11.8 Å². The Bertz CT molecular complexity index is 512. The lowest BCUT2D eigenvalue weighted by Gasteiger charge is -2.39. The highest BCUT2D eigenvalue weighted by Gasteiger charge is 2.39. The summed E-state index contributed by atoms with van der Waals surface area (Å²) >= 11 is 1.59. The van der Waals surface area contributed by atoms with Gasteiger partial charge >= 0.3 is 6.03 Å². The van der Waals surface area contributed by atoms with Crippen LogP contribution in [0.25, 0.3) is 0 Å². The second-order valence-corrected chi connectivity index (χ2v) is 8.12. The summed E-state index contributed by atoms with van der Waals surface area (Å²) in [7, 11) is 0. The summed E-state index contributed by atoms with van der Waals surface area (Å²) in [5.74, 6) is 0.855. The number of urea groups is 1. The minimum Gasteiger partial charge on any atom is -0.394 e. The second kappa shape index (κ2) is 7.18. The van der Waals surface area contributed by atoms with Gasteiger partial charge in [-0.15, -0.1) is 11.3 Å². The van der Waals surface area contributed by atoms with Crippen molar-refractivity contribution in [2.24, 2.45) is 11.8 Å². The maximum absolute atomic E-state index is 12.5. The van der Waals surface area contributed by atoms with Gasteiger partial charge in [0.1, 0.15) is 5.01 Å². The Kier molecular flexibility index (Phi) is 5.21. The van der Waals surface area contributed by atoms with E-state index in [4.69, 9.17) is 0 Å². The average molecular weight is 337 g/mol. The van der Waals surface area contributed by atoms with Crippen LogP contribution < -0.4 is 10.6 Å². The zero-order valence-corrected chi connectivity index (χ0v) is 14.6. The number of rotatable bonds is 6. The average Bonchev–Trinajstić information content (AvgIpc) is 3.27. The lowest BCUT2D eigenvalue weighted by Crippen LogP contribution is -2.57. The minimum atomic E-state index is -0.540. The van der Waals surface area contributed by atoms with Crippen LogP contribution >= 0.6 is 11.3 Å². The van der Waals surface area contributed by atoms with Crippen molar-refractivity contribution in [3.05, 3.63) is 16.6 Å². The molecule has 2 aliphatic carbocycles. The van der Waals surface area contributed by atoms with Crippen LogP contribution in [0.4, 0.5) is 4.79 Å². The molecule has 3 N–H and O–H groups in total.